The van der Waals surface area contributed by atoms with Crippen LogP contribution in [0.4, 0.5) is 5.69 Å². The fraction of sp³-hybridized carbons (Fsp3) is 0.368. The van der Waals surface area contributed by atoms with Crippen molar-refractivity contribution in [1.82, 2.24) is 10.0 Å². The number of aromatic hydroxyl groups is 1. The highest BCUT2D eigenvalue weighted by Gasteiger charge is 2.26. The van der Waals surface area contributed by atoms with Crippen LogP contribution in [0.15, 0.2) is 48.6 Å². The van der Waals surface area contributed by atoms with Crippen molar-refractivity contribution in [2.75, 3.05) is 12.4 Å². The predicted molar refractivity (Wildman–Crippen MR) is 120 cm³/mol. The van der Waals surface area contributed by atoms with Gasteiger partial charge in [-0.1, -0.05) is 26.8 Å². The zero-order valence-corrected chi connectivity index (χ0v) is 19.2. The first kappa shape index (κ1) is 23.0. The van der Waals surface area contributed by atoms with Crippen LogP contribution in [-0.4, -0.2) is 36.5 Å². The van der Waals surface area contributed by atoms with E-state index in [1.54, 1.807) is 6.26 Å². The van der Waals surface area contributed by atoms with Crippen molar-refractivity contribution in [3.63, 3.8) is 0 Å². The molecule has 0 spiro atoms. The summed E-state index contributed by atoms with van der Waals surface area (Å²) in [5, 5.41) is 16.4. The van der Waals surface area contributed by atoms with Gasteiger partial charge in [-0.3, -0.25) is 0 Å². The number of hydrogen-bond donors (Lipinski definition) is 4. The predicted octanol–water partition coefficient (Wildman–Crippen LogP) is 2.56. The molecule has 168 valence electrons. The Morgan fingerprint density at radius 3 is 2.55 bits per heavy atom. The number of para-hydroxylation sites is 1. The molecule has 0 amide bonds. The topological polar surface area (TPSA) is 145 Å². The lowest BCUT2D eigenvalue weighted by Gasteiger charge is -2.17. The first-order chi connectivity index (χ1) is 14.7. The second-order valence-electron chi connectivity index (χ2n) is 7.14. The van der Waals surface area contributed by atoms with Crippen LogP contribution in [0.1, 0.15) is 50.5 Å². The van der Waals surface area contributed by atoms with Crippen LogP contribution in [0.2, 0.25) is 0 Å². The van der Waals surface area contributed by atoms with Gasteiger partial charge in [0.25, 0.3) is 11.2 Å². The van der Waals surface area contributed by atoms with E-state index in [4.69, 9.17) is 4.42 Å². The van der Waals surface area contributed by atoms with Crippen LogP contribution < -0.4 is 15.4 Å². The van der Waals surface area contributed by atoms with Gasteiger partial charge in [-0.25, -0.2) is 17.3 Å². The Morgan fingerprint density at radius 2 is 1.94 bits per heavy atom. The molecule has 0 fully saturated rings. The van der Waals surface area contributed by atoms with Gasteiger partial charge in [0.15, 0.2) is 17.4 Å². The van der Waals surface area contributed by atoms with Crippen LogP contribution >= 0.6 is 0 Å². The Balaban J connectivity index is 1.84. The van der Waals surface area contributed by atoms with Gasteiger partial charge in [-0.05, 0) is 43.1 Å². The van der Waals surface area contributed by atoms with Crippen molar-refractivity contribution in [3.05, 3.63) is 41.9 Å². The number of nitrogens with zero attached hydrogens (tertiary/aromatic N) is 2. The fourth-order valence-electron chi connectivity index (χ4n) is 2.91. The Kier molecular flexibility index (Phi) is 6.82. The van der Waals surface area contributed by atoms with E-state index < -0.39 is 26.9 Å². The van der Waals surface area contributed by atoms with Gasteiger partial charge < -0.3 is 20.2 Å². The molecule has 12 heteroatoms. The minimum absolute atomic E-state index is 0.0802. The van der Waals surface area contributed by atoms with Crippen molar-refractivity contribution in [2.45, 2.75) is 44.0 Å². The number of amidine groups is 2. The molecule has 0 saturated heterocycles. The van der Waals surface area contributed by atoms with Gasteiger partial charge in [0.1, 0.15) is 10.7 Å². The summed E-state index contributed by atoms with van der Waals surface area (Å²) in [5.74, 6) is 0.858. The summed E-state index contributed by atoms with van der Waals surface area (Å²) >= 11 is -1.86. The third kappa shape index (κ3) is 4.97. The molecule has 1 aliphatic heterocycles. The van der Waals surface area contributed by atoms with E-state index in [0.29, 0.717) is 18.1 Å². The van der Waals surface area contributed by atoms with Gasteiger partial charge in [0, 0.05) is 0 Å². The van der Waals surface area contributed by atoms with Gasteiger partial charge in [-0.15, -0.1) is 8.80 Å². The molecule has 10 nitrogen and oxygen atoms in total. The maximum Gasteiger partial charge on any atom is 0.269 e. The number of sulfonamides is 1. The number of anilines is 1. The van der Waals surface area contributed by atoms with E-state index in [9.17, 15) is 17.7 Å². The first-order valence-electron chi connectivity index (χ1n) is 9.63. The summed E-state index contributed by atoms with van der Waals surface area (Å²) in [7, 11) is -2.62. The molecule has 1 aromatic carbocycles. The molecule has 2 heterocycles. The van der Waals surface area contributed by atoms with Gasteiger partial charge >= 0.3 is 0 Å². The van der Waals surface area contributed by atoms with Crippen molar-refractivity contribution < 1.29 is 22.2 Å². The van der Waals surface area contributed by atoms with Crippen LogP contribution in [0.25, 0.3) is 0 Å². The van der Waals surface area contributed by atoms with Crippen LogP contribution in [0.3, 0.4) is 0 Å². The van der Waals surface area contributed by atoms with E-state index >= 15 is 0 Å². The van der Waals surface area contributed by atoms with E-state index in [-0.39, 0.29) is 28.3 Å². The number of rotatable bonds is 7. The highest BCUT2D eigenvalue weighted by Crippen LogP contribution is 2.31. The highest BCUT2D eigenvalue weighted by molar-refractivity contribution is 7.89. The lowest BCUT2D eigenvalue weighted by atomic mass is 10.1. The van der Waals surface area contributed by atoms with Crippen LogP contribution in [0, 0.1) is 0 Å². The second-order valence-corrected chi connectivity index (χ2v) is 9.82. The van der Waals surface area contributed by atoms with Crippen molar-refractivity contribution in [3.8, 4) is 5.75 Å². The average molecular weight is 468 g/mol. The number of nitrogens with one attached hydrogen (secondary N) is 3. The lowest BCUT2D eigenvalue weighted by molar-refractivity contribution is 0.439. The molecule has 4 N–H and O–H groups in total. The molecule has 3 rings (SSSR count). The molecule has 31 heavy (non-hydrogen) atoms. The summed E-state index contributed by atoms with van der Waals surface area (Å²) < 4.78 is 51.9. The number of hydrogen-bond acceptors (Lipinski definition) is 7. The van der Waals surface area contributed by atoms with Gasteiger partial charge in [-0.2, -0.15) is 0 Å². The maximum absolute atomic E-state index is 12.1. The fourth-order valence-corrected chi connectivity index (χ4v) is 4.38. The molecule has 1 aromatic heterocycles. The largest absolute Gasteiger partial charge is 0.504 e. The number of furan rings is 1. The van der Waals surface area contributed by atoms with Crippen molar-refractivity contribution >= 4 is 38.6 Å². The molecule has 0 saturated carbocycles. The first-order valence-corrected chi connectivity index (χ1v) is 12.2. The van der Waals surface area contributed by atoms with E-state index in [1.165, 1.54) is 25.2 Å². The van der Waals surface area contributed by atoms with E-state index in [1.807, 2.05) is 13.0 Å². The number of benzene rings is 1. The van der Waals surface area contributed by atoms with Gasteiger partial charge in [0.2, 0.25) is 10.0 Å². The Hall–Kier alpha value is -2.70. The Bertz CT molecular complexity index is 1150. The molecular formula is C19H25N5O5S2. The molecule has 2 atom stereocenters. The summed E-state index contributed by atoms with van der Waals surface area (Å²) in [4.78, 5) is -0.297. The summed E-state index contributed by atoms with van der Waals surface area (Å²) in [5.41, 5.74) is 1.14. The Labute approximate surface area is 183 Å². The number of phenolic OH excluding ortho intramolecular Hbond substituents is 1. The summed E-state index contributed by atoms with van der Waals surface area (Å²) in [6, 6.07) is 5.92. The zero-order valence-electron chi connectivity index (χ0n) is 17.5. The Morgan fingerprint density at radius 1 is 1.23 bits per heavy atom. The van der Waals surface area contributed by atoms with Crippen LogP contribution in [0.5, 0.6) is 5.75 Å². The van der Waals surface area contributed by atoms with E-state index in [0.717, 1.165) is 5.56 Å². The highest BCUT2D eigenvalue weighted by atomic mass is 32.2. The third-order valence-corrected chi connectivity index (χ3v) is 6.87. The maximum atomic E-state index is 12.1. The number of phenols is 1. The normalized spacial score (nSPS) is 17.4. The van der Waals surface area contributed by atoms with Crippen molar-refractivity contribution in [1.29, 1.82) is 0 Å². The average Bonchev–Trinajstić information content (AvgIpc) is 3.34. The smallest absolute Gasteiger partial charge is 0.269 e. The zero-order chi connectivity index (χ0) is 22.8. The third-order valence-electron chi connectivity index (χ3n) is 4.74. The summed E-state index contributed by atoms with van der Waals surface area (Å²) in [6.45, 7) is 6.09. The molecule has 0 bridgehead atoms. The SMILES string of the molecule is CC[C@@H](NC1=NS(=O)N=C1Nc1cccc(S(=O)(=O)NC)c1O)c1cc(C(C)C)co1. The molecule has 0 radical (unpaired) electrons. The van der Waals surface area contributed by atoms with Crippen LogP contribution in [-0.2, 0) is 21.2 Å². The summed E-state index contributed by atoms with van der Waals surface area (Å²) in [6.07, 6.45) is 2.36. The minimum atomic E-state index is -3.87. The van der Waals surface area contributed by atoms with Crippen molar-refractivity contribution in [2.24, 2.45) is 8.80 Å². The lowest BCUT2D eigenvalue weighted by Crippen LogP contribution is -2.36. The quantitative estimate of drug-likeness (QED) is 0.458. The monoisotopic (exact) mass is 467 g/mol. The van der Waals surface area contributed by atoms with E-state index in [2.05, 4.69) is 38.0 Å². The molecule has 0 aliphatic carbocycles. The molecule has 1 aliphatic rings. The van der Waals surface area contributed by atoms with Gasteiger partial charge in [0.05, 0.1) is 18.0 Å². The molecule has 1 unspecified atom stereocenters. The standard InChI is InChI=1S/C19H25N5O5S2/c1-5-13(15-9-12(10-29-15)11(2)3)21-18-19(24-30(26)23-18)22-14-7-6-8-16(17(14)25)31(27,28)20-4/h6-11,13,20,25H,5H2,1-4H3,(H,21,23)(H,22,24)/t13-,30?/m1/s1. The second kappa shape index (κ2) is 9.20. The molecule has 2 aromatic rings. The minimum Gasteiger partial charge on any atom is -0.504 e. The molecular weight excluding hydrogens is 442 g/mol.